The summed E-state index contributed by atoms with van der Waals surface area (Å²) in [6.45, 7) is 6.80. The Labute approximate surface area is 406 Å². The molecule has 8 rings (SSSR count). The molecule has 0 saturated heterocycles. The number of hydrogen-bond donors (Lipinski definition) is 8. The first kappa shape index (κ1) is 48.6. The number of nitrogens with zero attached hydrogens (tertiary/aromatic N) is 10. The molecule has 4 aromatic carbocycles. The predicted molar refractivity (Wildman–Crippen MR) is 266 cm³/mol. The van der Waals surface area contributed by atoms with Crippen molar-refractivity contribution in [1.82, 2.24) is 39.0 Å². The monoisotopic (exact) mass is 978 g/mol. The number of primary amides is 2. The van der Waals surface area contributed by atoms with E-state index >= 15 is 0 Å². The Morgan fingerprint density at radius 2 is 0.943 bits per heavy atom. The van der Waals surface area contributed by atoms with Crippen LogP contribution in [0.25, 0.3) is 33.2 Å². The third-order valence-corrected chi connectivity index (χ3v) is 11.6. The summed E-state index contributed by atoms with van der Waals surface area (Å²) in [7, 11) is 0. The summed E-state index contributed by atoms with van der Waals surface area (Å²) in [6.07, 6.45) is 0. The van der Waals surface area contributed by atoms with Gasteiger partial charge in [0.15, 0.2) is 11.6 Å². The molecule has 0 bridgehead atoms. The van der Waals surface area contributed by atoms with Gasteiger partial charge in [0, 0.05) is 11.1 Å². The first-order chi connectivity index (χ1) is 33.3. The molecule has 8 aromatic rings. The van der Waals surface area contributed by atoms with Gasteiger partial charge in [0.2, 0.25) is 23.7 Å². The Kier molecular flexibility index (Phi) is 13.5. The minimum absolute atomic E-state index is 0.00399. The standard InChI is InChI=1S/2C23H20ClN9O2/c2*1-10-12(19(27)34)5-3-8-16(10)33-21(30-15-7-4-6-14(24)17(15)22(33)35)11(2)29-20-13(9-25)18(26)31-23(28)32-20/h2*3-8,11H,1-2H3,(H2,27,34)(H5,26,28,29,31,32)/t2*11-/m00/s1. The van der Waals surface area contributed by atoms with Crippen LogP contribution in [0.3, 0.4) is 0 Å². The number of aromatic nitrogens is 8. The summed E-state index contributed by atoms with van der Waals surface area (Å²) in [6, 6.07) is 22.1. The molecule has 0 aliphatic rings. The lowest BCUT2D eigenvalue weighted by Gasteiger charge is -2.22. The van der Waals surface area contributed by atoms with Crippen LogP contribution in [0.1, 0.15) is 80.5 Å². The lowest BCUT2D eigenvalue weighted by Crippen LogP contribution is -2.29. The minimum Gasteiger partial charge on any atom is -0.382 e. The second-order valence-electron chi connectivity index (χ2n) is 15.5. The van der Waals surface area contributed by atoms with Gasteiger partial charge >= 0.3 is 0 Å². The van der Waals surface area contributed by atoms with Gasteiger partial charge in [-0.1, -0.05) is 47.5 Å². The van der Waals surface area contributed by atoms with E-state index in [4.69, 9.17) is 67.6 Å². The van der Waals surface area contributed by atoms with Gasteiger partial charge in [0.25, 0.3) is 11.1 Å². The van der Waals surface area contributed by atoms with E-state index < -0.39 is 35.0 Å². The van der Waals surface area contributed by atoms with E-state index in [1.54, 1.807) is 100 Å². The van der Waals surface area contributed by atoms with Crippen molar-refractivity contribution in [3.8, 4) is 23.5 Å². The number of fused-ring (bicyclic) bond motifs is 2. The number of anilines is 6. The van der Waals surface area contributed by atoms with Crippen molar-refractivity contribution in [2.45, 2.75) is 39.8 Å². The molecule has 14 N–H and O–H groups in total. The fourth-order valence-corrected chi connectivity index (χ4v) is 8.19. The van der Waals surface area contributed by atoms with Gasteiger partial charge in [-0.05, 0) is 87.4 Å². The first-order valence-corrected chi connectivity index (χ1v) is 21.4. The summed E-state index contributed by atoms with van der Waals surface area (Å²) >= 11 is 12.7. The van der Waals surface area contributed by atoms with E-state index in [1.807, 2.05) is 12.1 Å². The largest absolute Gasteiger partial charge is 0.382 e. The Morgan fingerprint density at radius 1 is 0.586 bits per heavy atom. The number of hydrogen-bond acceptors (Lipinski definition) is 18. The highest BCUT2D eigenvalue weighted by Gasteiger charge is 2.26. The van der Waals surface area contributed by atoms with E-state index in [0.717, 1.165) is 0 Å². The second-order valence-corrected chi connectivity index (χ2v) is 16.3. The van der Waals surface area contributed by atoms with Crippen LogP contribution in [-0.4, -0.2) is 50.9 Å². The molecule has 0 spiro atoms. The van der Waals surface area contributed by atoms with Crippen LogP contribution in [-0.2, 0) is 0 Å². The van der Waals surface area contributed by atoms with Crippen LogP contribution >= 0.6 is 23.2 Å². The van der Waals surface area contributed by atoms with Crippen molar-refractivity contribution in [2.75, 3.05) is 33.6 Å². The van der Waals surface area contributed by atoms with Crippen LogP contribution in [0.4, 0.5) is 35.2 Å². The summed E-state index contributed by atoms with van der Waals surface area (Å²) in [4.78, 5) is 76.6. The molecule has 0 fully saturated rings. The van der Waals surface area contributed by atoms with Crippen LogP contribution in [0.15, 0.2) is 82.4 Å². The van der Waals surface area contributed by atoms with Gasteiger partial charge in [-0.25, -0.2) is 9.97 Å². The van der Waals surface area contributed by atoms with E-state index in [9.17, 15) is 29.7 Å². The molecule has 0 unspecified atom stereocenters. The van der Waals surface area contributed by atoms with Crippen molar-refractivity contribution in [3.05, 3.63) is 149 Å². The molecule has 0 radical (unpaired) electrons. The van der Waals surface area contributed by atoms with Crippen LogP contribution in [0, 0.1) is 36.5 Å². The van der Waals surface area contributed by atoms with Gasteiger partial charge < -0.3 is 45.0 Å². The van der Waals surface area contributed by atoms with Gasteiger partial charge in [-0.3, -0.25) is 28.3 Å². The smallest absolute Gasteiger partial charge is 0.267 e. The van der Waals surface area contributed by atoms with Crippen molar-refractivity contribution in [1.29, 1.82) is 10.5 Å². The van der Waals surface area contributed by atoms with Crippen molar-refractivity contribution >= 4 is 92.0 Å². The zero-order chi connectivity index (χ0) is 50.9. The molecule has 4 heterocycles. The van der Waals surface area contributed by atoms with Gasteiger partial charge in [-0.15, -0.1) is 0 Å². The topological polar surface area (TPSA) is 383 Å². The van der Waals surface area contributed by atoms with Gasteiger partial charge in [0.05, 0.1) is 55.3 Å². The summed E-state index contributed by atoms with van der Waals surface area (Å²) in [5, 5.41) is 26.0. The molecule has 0 aliphatic heterocycles. The number of carbonyl (C=O) groups is 2. The lowest BCUT2D eigenvalue weighted by molar-refractivity contribution is 0.0991. The SMILES string of the molecule is Cc1c(C(N)=O)cccc1-n1c([C@H](C)Nc2nc(N)nc(N)c2C#N)nc2cccc(Cl)c2c1=O.Cc1c(C(N)=O)cccc1-n1c([C@H](C)Nc2nc(N)nc(N)c2C#N)nc2cccc(Cl)c2c1=O. The van der Waals surface area contributed by atoms with E-state index in [2.05, 4.69) is 30.6 Å². The maximum atomic E-state index is 13.8. The molecule has 0 saturated carbocycles. The molecule has 24 heteroatoms. The zero-order valence-electron chi connectivity index (χ0n) is 37.4. The van der Waals surface area contributed by atoms with Crippen LogP contribution < -0.4 is 56.2 Å². The fourth-order valence-electron chi connectivity index (χ4n) is 7.69. The van der Waals surface area contributed by atoms with E-state index in [0.29, 0.717) is 33.5 Å². The molecule has 352 valence electrons. The zero-order valence-corrected chi connectivity index (χ0v) is 38.9. The number of nitrogen functional groups attached to an aromatic ring is 4. The number of nitrogens with two attached hydrogens (primary N) is 6. The molecule has 22 nitrogen and oxygen atoms in total. The number of nitrogens with one attached hydrogen (secondary N) is 2. The quantitative estimate of drug-likeness (QED) is 0.0904. The molecular weight excluding hydrogens is 940 g/mol. The molecule has 70 heavy (non-hydrogen) atoms. The maximum absolute atomic E-state index is 13.8. The van der Waals surface area contributed by atoms with Crippen LogP contribution in [0.2, 0.25) is 10.0 Å². The number of amides is 2. The highest BCUT2D eigenvalue weighted by molar-refractivity contribution is 6.35. The number of carbonyl (C=O) groups excluding carboxylic acids is 2. The fraction of sp³-hybridized carbons (Fsp3) is 0.130. The number of nitriles is 2. The van der Waals surface area contributed by atoms with Crippen molar-refractivity contribution in [3.63, 3.8) is 0 Å². The summed E-state index contributed by atoms with van der Waals surface area (Å²) in [5.74, 6) is -1.02. The minimum atomic E-state index is -0.691. The number of rotatable bonds is 10. The number of benzene rings is 4. The third-order valence-electron chi connectivity index (χ3n) is 11.0. The van der Waals surface area contributed by atoms with E-state index in [1.165, 1.54) is 9.13 Å². The molecule has 0 aliphatic carbocycles. The molecule has 4 aromatic heterocycles. The Hall–Kier alpha value is -9.38. The molecule has 2 amide bonds. The molecular formula is C46H40Cl2N18O4. The average molecular weight is 980 g/mol. The van der Waals surface area contributed by atoms with Gasteiger partial charge in [-0.2, -0.15) is 30.5 Å². The Balaban J connectivity index is 0.000000206. The van der Waals surface area contributed by atoms with Gasteiger partial charge in [0.1, 0.15) is 46.5 Å². The van der Waals surface area contributed by atoms with E-state index in [-0.39, 0.29) is 89.9 Å². The number of halogens is 2. The second kappa shape index (κ2) is 19.5. The summed E-state index contributed by atoms with van der Waals surface area (Å²) < 4.78 is 2.71. The average Bonchev–Trinajstić information content (AvgIpc) is 3.29. The Morgan fingerprint density at radius 3 is 1.29 bits per heavy atom. The summed E-state index contributed by atoms with van der Waals surface area (Å²) in [5.41, 5.74) is 36.2. The predicted octanol–water partition coefficient (Wildman–Crippen LogP) is 4.89. The van der Waals surface area contributed by atoms with Crippen LogP contribution in [0.5, 0.6) is 0 Å². The molecule has 2 atom stereocenters. The first-order valence-electron chi connectivity index (χ1n) is 20.7. The normalized spacial score (nSPS) is 11.7. The maximum Gasteiger partial charge on any atom is 0.267 e. The van der Waals surface area contributed by atoms with Crippen molar-refractivity contribution in [2.24, 2.45) is 11.5 Å². The Bertz CT molecular complexity index is 3460. The highest BCUT2D eigenvalue weighted by Crippen LogP contribution is 2.31. The third kappa shape index (κ3) is 9.05. The lowest BCUT2D eigenvalue weighted by atomic mass is 10.1. The van der Waals surface area contributed by atoms with Crippen molar-refractivity contribution < 1.29 is 9.59 Å². The highest BCUT2D eigenvalue weighted by atomic mass is 35.5.